The van der Waals surface area contributed by atoms with Gasteiger partial charge < -0.3 is 5.11 Å². The first-order valence-electron chi connectivity index (χ1n) is 5.75. The fourth-order valence-corrected chi connectivity index (χ4v) is 4.39. The molecule has 2 rings (SSSR count). The Kier molecular flexibility index (Phi) is 4.31. The van der Waals surface area contributed by atoms with Crippen LogP contribution >= 0.6 is 11.8 Å². The topological polar surface area (TPSA) is 95.1 Å². The van der Waals surface area contributed by atoms with Gasteiger partial charge in [-0.2, -0.15) is 16.9 Å². The first kappa shape index (κ1) is 13.9. The van der Waals surface area contributed by atoms with Gasteiger partial charge in [-0.15, -0.1) is 0 Å². The summed E-state index contributed by atoms with van der Waals surface area (Å²) in [6, 6.07) is -0.0257. The van der Waals surface area contributed by atoms with Crippen LogP contribution in [0.15, 0.2) is 11.2 Å². The number of aromatic amines is 1. The summed E-state index contributed by atoms with van der Waals surface area (Å²) < 4.78 is 26.9. The van der Waals surface area contributed by atoms with Gasteiger partial charge in [0.05, 0.1) is 12.8 Å². The fraction of sp³-hybridized carbons (Fsp3) is 0.700. The van der Waals surface area contributed by atoms with Crippen molar-refractivity contribution < 1.29 is 13.5 Å². The van der Waals surface area contributed by atoms with Crippen LogP contribution in [0.4, 0.5) is 0 Å². The van der Waals surface area contributed by atoms with Crippen molar-refractivity contribution in [1.29, 1.82) is 0 Å². The lowest BCUT2D eigenvalue weighted by Gasteiger charge is -2.12. The van der Waals surface area contributed by atoms with Gasteiger partial charge in [-0.05, 0) is 25.5 Å². The average Bonchev–Trinajstić information content (AvgIpc) is 2.96. The Morgan fingerprint density at radius 3 is 3.00 bits per heavy atom. The second-order valence-electron chi connectivity index (χ2n) is 4.37. The van der Waals surface area contributed by atoms with E-state index in [0.29, 0.717) is 10.8 Å². The highest BCUT2D eigenvalue weighted by atomic mass is 32.2. The molecule has 0 aliphatic heterocycles. The molecule has 0 amide bonds. The monoisotopic (exact) mass is 291 g/mol. The smallest absolute Gasteiger partial charge is 0.258 e. The highest BCUT2D eigenvalue weighted by molar-refractivity contribution is 7.99. The molecule has 1 fully saturated rings. The molecule has 1 aromatic rings. The maximum atomic E-state index is 12.1. The van der Waals surface area contributed by atoms with Gasteiger partial charge in [0.15, 0.2) is 5.03 Å². The maximum Gasteiger partial charge on any atom is 0.258 e. The molecular weight excluding hydrogens is 274 g/mol. The van der Waals surface area contributed by atoms with E-state index in [1.165, 1.54) is 6.20 Å². The fourth-order valence-electron chi connectivity index (χ4n) is 2.18. The standard InChI is InChI=1S/C10H17N3O3S2/c1-17-9-3-2-8(4-9)13-18(15,16)10-7(6-14)5-11-12-10/h5,8-9,13-14H,2-4,6H2,1H3,(H,11,12). The molecule has 102 valence electrons. The van der Waals surface area contributed by atoms with Crippen LogP contribution in [0.2, 0.25) is 0 Å². The van der Waals surface area contributed by atoms with Gasteiger partial charge in [0.2, 0.25) is 0 Å². The molecule has 0 saturated heterocycles. The summed E-state index contributed by atoms with van der Waals surface area (Å²) in [5.74, 6) is 0. The van der Waals surface area contributed by atoms with Crippen LogP contribution in [0.25, 0.3) is 0 Å². The number of nitrogens with one attached hydrogen (secondary N) is 2. The predicted octanol–water partition coefficient (Wildman–Crippen LogP) is 0.464. The summed E-state index contributed by atoms with van der Waals surface area (Å²) in [6.07, 6.45) is 6.11. The molecule has 1 heterocycles. The van der Waals surface area contributed by atoms with E-state index in [9.17, 15) is 8.42 Å². The molecule has 1 saturated carbocycles. The van der Waals surface area contributed by atoms with Gasteiger partial charge >= 0.3 is 0 Å². The van der Waals surface area contributed by atoms with Gasteiger partial charge in [-0.25, -0.2) is 13.1 Å². The van der Waals surface area contributed by atoms with Crippen LogP contribution in [0, 0.1) is 0 Å². The number of rotatable bonds is 5. The van der Waals surface area contributed by atoms with Crippen molar-refractivity contribution in [2.45, 2.75) is 42.2 Å². The van der Waals surface area contributed by atoms with E-state index in [-0.39, 0.29) is 17.7 Å². The van der Waals surface area contributed by atoms with E-state index in [1.807, 2.05) is 6.26 Å². The van der Waals surface area contributed by atoms with Crippen molar-refractivity contribution in [3.8, 4) is 0 Å². The third-order valence-electron chi connectivity index (χ3n) is 3.16. The number of thioether (sulfide) groups is 1. The molecule has 1 aliphatic rings. The van der Waals surface area contributed by atoms with Crippen LogP contribution in [0.5, 0.6) is 0 Å². The number of sulfonamides is 1. The van der Waals surface area contributed by atoms with E-state index < -0.39 is 10.0 Å². The minimum atomic E-state index is -3.61. The third-order valence-corrected chi connectivity index (χ3v) is 5.79. The van der Waals surface area contributed by atoms with Crippen LogP contribution in [-0.4, -0.2) is 41.3 Å². The normalized spacial score (nSPS) is 24.6. The SMILES string of the molecule is CSC1CCC(NS(=O)(=O)c2[nH]ncc2CO)C1. The Hall–Kier alpha value is -0.570. The molecule has 0 radical (unpaired) electrons. The van der Waals surface area contributed by atoms with Crippen molar-refractivity contribution in [3.63, 3.8) is 0 Å². The largest absolute Gasteiger partial charge is 0.392 e. The van der Waals surface area contributed by atoms with Crippen molar-refractivity contribution in [1.82, 2.24) is 14.9 Å². The summed E-state index contributed by atoms with van der Waals surface area (Å²) >= 11 is 1.77. The molecule has 3 N–H and O–H groups in total. The molecular formula is C10H17N3O3S2. The average molecular weight is 291 g/mol. The number of aromatic nitrogens is 2. The maximum absolute atomic E-state index is 12.1. The van der Waals surface area contributed by atoms with E-state index in [2.05, 4.69) is 14.9 Å². The van der Waals surface area contributed by atoms with E-state index in [0.717, 1.165) is 19.3 Å². The zero-order valence-electron chi connectivity index (χ0n) is 10.1. The molecule has 1 aromatic heterocycles. The predicted molar refractivity (Wildman–Crippen MR) is 69.8 cm³/mol. The van der Waals surface area contributed by atoms with Crippen LogP contribution in [0.1, 0.15) is 24.8 Å². The molecule has 2 unspecified atom stereocenters. The van der Waals surface area contributed by atoms with Gasteiger partial charge in [-0.3, -0.25) is 5.10 Å². The zero-order chi connectivity index (χ0) is 13.2. The lowest BCUT2D eigenvalue weighted by Crippen LogP contribution is -2.33. The van der Waals surface area contributed by atoms with Crippen molar-refractivity contribution in [2.24, 2.45) is 0 Å². The number of nitrogens with zero attached hydrogens (tertiary/aromatic N) is 1. The third kappa shape index (κ3) is 2.87. The molecule has 6 nitrogen and oxygen atoms in total. The first-order valence-corrected chi connectivity index (χ1v) is 8.52. The Labute approximate surface area is 111 Å². The minimum Gasteiger partial charge on any atom is -0.392 e. The number of hydrogen-bond acceptors (Lipinski definition) is 5. The Balaban J connectivity index is 2.09. The van der Waals surface area contributed by atoms with Gasteiger partial charge in [0.25, 0.3) is 10.0 Å². The summed E-state index contributed by atoms with van der Waals surface area (Å²) in [5, 5.41) is 15.6. The number of hydrogen-bond donors (Lipinski definition) is 3. The second-order valence-corrected chi connectivity index (χ2v) is 7.16. The lowest BCUT2D eigenvalue weighted by molar-refractivity contribution is 0.278. The zero-order valence-corrected chi connectivity index (χ0v) is 11.7. The highest BCUT2D eigenvalue weighted by Gasteiger charge is 2.29. The van der Waals surface area contributed by atoms with E-state index >= 15 is 0 Å². The first-order chi connectivity index (χ1) is 8.56. The number of aliphatic hydroxyl groups excluding tert-OH is 1. The van der Waals surface area contributed by atoms with Crippen LogP contribution in [-0.2, 0) is 16.6 Å². The van der Waals surface area contributed by atoms with Crippen molar-refractivity contribution in [3.05, 3.63) is 11.8 Å². The van der Waals surface area contributed by atoms with E-state index in [4.69, 9.17) is 5.11 Å². The number of H-pyrrole nitrogens is 1. The van der Waals surface area contributed by atoms with E-state index in [1.54, 1.807) is 11.8 Å². The molecule has 0 aromatic carbocycles. The second kappa shape index (κ2) is 5.60. The van der Waals surface area contributed by atoms with Crippen LogP contribution in [0.3, 0.4) is 0 Å². The highest BCUT2D eigenvalue weighted by Crippen LogP contribution is 2.29. The summed E-state index contributed by atoms with van der Waals surface area (Å²) in [6.45, 7) is -0.342. The molecule has 1 aliphatic carbocycles. The molecule has 18 heavy (non-hydrogen) atoms. The molecule has 8 heteroatoms. The molecule has 2 atom stereocenters. The molecule has 0 bridgehead atoms. The van der Waals surface area contributed by atoms with Gasteiger partial charge in [0, 0.05) is 16.9 Å². The summed E-state index contributed by atoms with van der Waals surface area (Å²) in [5.41, 5.74) is 0.293. The number of aliphatic hydroxyl groups is 1. The quantitative estimate of drug-likeness (QED) is 0.733. The Morgan fingerprint density at radius 1 is 1.61 bits per heavy atom. The van der Waals surface area contributed by atoms with Gasteiger partial charge in [-0.1, -0.05) is 0 Å². The minimum absolute atomic E-state index is 0.0257. The van der Waals surface area contributed by atoms with Crippen LogP contribution < -0.4 is 4.72 Å². The molecule has 0 spiro atoms. The van der Waals surface area contributed by atoms with Crippen molar-refractivity contribution in [2.75, 3.05) is 6.26 Å². The van der Waals surface area contributed by atoms with Gasteiger partial charge in [0.1, 0.15) is 0 Å². The Morgan fingerprint density at radius 2 is 2.39 bits per heavy atom. The lowest BCUT2D eigenvalue weighted by atomic mass is 10.3. The van der Waals surface area contributed by atoms with Crippen molar-refractivity contribution >= 4 is 21.8 Å². The summed E-state index contributed by atoms with van der Waals surface area (Å²) in [7, 11) is -3.61. The summed E-state index contributed by atoms with van der Waals surface area (Å²) in [4.78, 5) is 0. The Bertz CT molecular complexity index is 500.